The molecule has 2 N–H and O–H groups in total. The van der Waals surface area contributed by atoms with Crippen LogP contribution in [0.4, 0.5) is 15.8 Å². The summed E-state index contributed by atoms with van der Waals surface area (Å²) in [7, 11) is 4.03. The molecule has 0 aliphatic carbocycles. The largest absolute Gasteiger partial charge is 0.347 e. The van der Waals surface area contributed by atoms with E-state index in [0.717, 1.165) is 23.2 Å². The average molecular weight is 527 g/mol. The summed E-state index contributed by atoms with van der Waals surface area (Å²) in [6.07, 6.45) is 0. The van der Waals surface area contributed by atoms with Crippen molar-refractivity contribution in [3.05, 3.63) is 117 Å². The summed E-state index contributed by atoms with van der Waals surface area (Å²) in [5.74, 6) is -1.51. The second-order valence-corrected chi connectivity index (χ2v) is 10.4. The average Bonchev–Trinajstić information content (AvgIpc) is 3.54. The SMILES string of the molecule is CN(C)Cc1ccc(N=C(c2cccc(CNC(=O)c3cccs3)c2)C2C(=O)Nc3cc(F)ccc32)cc1. The molecular weight excluding hydrogens is 499 g/mol. The van der Waals surface area contributed by atoms with Crippen molar-refractivity contribution in [2.45, 2.75) is 19.0 Å². The standard InChI is InChI=1S/C30H27FN4O2S/c1-35(2)18-19-8-11-23(12-9-19)33-28(27-24-13-10-22(31)16-25(24)34-30(27)37)21-6-3-5-20(15-21)17-32-29(36)26-7-4-14-38-26/h3-16,27H,17-18H2,1-2H3,(H,32,36)(H,34,37). The van der Waals surface area contributed by atoms with E-state index >= 15 is 0 Å². The van der Waals surface area contributed by atoms with Gasteiger partial charge in [-0.2, -0.15) is 0 Å². The van der Waals surface area contributed by atoms with Crippen LogP contribution in [-0.4, -0.2) is 36.5 Å². The first-order chi connectivity index (χ1) is 18.4. The maximum atomic E-state index is 13.9. The second-order valence-electron chi connectivity index (χ2n) is 9.42. The predicted octanol–water partition coefficient (Wildman–Crippen LogP) is 5.74. The van der Waals surface area contributed by atoms with Gasteiger partial charge in [0.15, 0.2) is 0 Å². The summed E-state index contributed by atoms with van der Waals surface area (Å²) >= 11 is 1.39. The number of rotatable bonds is 8. The molecule has 8 heteroatoms. The number of fused-ring (bicyclic) bond motifs is 1. The predicted molar refractivity (Wildman–Crippen MR) is 150 cm³/mol. The molecule has 0 saturated carbocycles. The van der Waals surface area contributed by atoms with E-state index in [1.54, 1.807) is 12.1 Å². The molecule has 6 nitrogen and oxygen atoms in total. The lowest BCUT2D eigenvalue weighted by Crippen LogP contribution is -2.23. The molecule has 1 aromatic heterocycles. The Morgan fingerprint density at radius 3 is 2.58 bits per heavy atom. The minimum Gasteiger partial charge on any atom is -0.347 e. The number of hydrogen-bond acceptors (Lipinski definition) is 5. The first kappa shape index (κ1) is 25.5. The molecule has 1 aliphatic rings. The molecular formula is C30H27FN4O2S. The molecule has 0 spiro atoms. The number of hydrogen-bond donors (Lipinski definition) is 2. The fourth-order valence-electron chi connectivity index (χ4n) is 4.50. The Morgan fingerprint density at radius 1 is 1.03 bits per heavy atom. The number of benzene rings is 3. The highest BCUT2D eigenvalue weighted by Gasteiger charge is 2.35. The Hall–Kier alpha value is -4.14. The number of aliphatic imine (C=N–C) groups is 1. The molecule has 2 heterocycles. The van der Waals surface area contributed by atoms with E-state index in [0.29, 0.717) is 34.1 Å². The van der Waals surface area contributed by atoms with Gasteiger partial charge in [0, 0.05) is 18.8 Å². The Balaban J connectivity index is 1.50. The molecule has 1 atom stereocenters. The van der Waals surface area contributed by atoms with E-state index in [2.05, 4.69) is 15.5 Å². The Bertz CT molecular complexity index is 1500. The zero-order valence-corrected chi connectivity index (χ0v) is 21.9. The van der Waals surface area contributed by atoms with Crippen LogP contribution in [0.3, 0.4) is 0 Å². The molecule has 0 radical (unpaired) electrons. The number of thiophene rings is 1. The molecule has 192 valence electrons. The van der Waals surface area contributed by atoms with Gasteiger partial charge in [0.2, 0.25) is 5.91 Å². The first-order valence-electron chi connectivity index (χ1n) is 12.2. The van der Waals surface area contributed by atoms with Crippen LogP contribution in [0, 0.1) is 5.82 Å². The lowest BCUT2D eigenvalue weighted by molar-refractivity contribution is -0.115. The summed E-state index contributed by atoms with van der Waals surface area (Å²) in [6, 6.07) is 23.5. The van der Waals surface area contributed by atoms with E-state index in [9.17, 15) is 14.0 Å². The summed E-state index contributed by atoms with van der Waals surface area (Å²) in [5, 5.41) is 7.61. The molecule has 2 amide bonds. The summed E-state index contributed by atoms with van der Waals surface area (Å²) in [4.78, 5) is 33.3. The Labute approximate surface area is 224 Å². The molecule has 1 aliphatic heterocycles. The van der Waals surface area contributed by atoms with Gasteiger partial charge in [-0.1, -0.05) is 42.5 Å². The number of carbonyl (C=O) groups is 2. The van der Waals surface area contributed by atoms with Crippen LogP contribution in [0.25, 0.3) is 0 Å². The smallest absolute Gasteiger partial charge is 0.261 e. The van der Waals surface area contributed by atoms with Crippen LogP contribution < -0.4 is 10.6 Å². The third kappa shape index (κ3) is 5.72. The van der Waals surface area contributed by atoms with Gasteiger partial charge in [-0.25, -0.2) is 4.39 Å². The monoisotopic (exact) mass is 526 g/mol. The van der Waals surface area contributed by atoms with Crippen LogP contribution in [0.15, 0.2) is 89.2 Å². The number of halogens is 1. The zero-order chi connectivity index (χ0) is 26.6. The fourth-order valence-corrected chi connectivity index (χ4v) is 5.14. The molecule has 0 bridgehead atoms. The highest BCUT2D eigenvalue weighted by molar-refractivity contribution is 7.12. The zero-order valence-electron chi connectivity index (χ0n) is 21.1. The summed E-state index contributed by atoms with van der Waals surface area (Å²) in [6.45, 7) is 1.13. The second kappa shape index (κ2) is 11.1. The van der Waals surface area contributed by atoms with Crippen molar-refractivity contribution in [2.24, 2.45) is 4.99 Å². The third-order valence-electron chi connectivity index (χ3n) is 6.23. The van der Waals surface area contributed by atoms with Gasteiger partial charge in [-0.05, 0) is 78.1 Å². The summed E-state index contributed by atoms with van der Waals surface area (Å²) in [5.41, 5.74) is 5.17. The minimum atomic E-state index is -0.706. The summed E-state index contributed by atoms with van der Waals surface area (Å²) < 4.78 is 13.9. The maximum absolute atomic E-state index is 13.9. The van der Waals surface area contributed by atoms with Crippen molar-refractivity contribution < 1.29 is 14.0 Å². The minimum absolute atomic E-state index is 0.136. The van der Waals surface area contributed by atoms with Gasteiger partial charge in [-0.15, -0.1) is 11.3 Å². The first-order valence-corrected chi connectivity index (χ1v) is 13.1. The molecule has 0 fully saturated rings. The molecule has 3 aromatic carbocycles. The highest BCUT2D eigenvalue weighted by atomic mass is 32.1. The van der Waals surface area contributed by atoms with Gasteiger partial charge < -0.3 is 15.5 Å². The van der Waals surface area contributed by atoms with E-state index < -0.39 is 11.7 Å². The van der Waals surface area contributed by atoms with Crippen molar-refractivity contribution in [1.82, 2.24) is 10.2 Å². The van der Waals surface area contributed by atoms with Gasteiger partial charge in [0.25, 0.3) is 5.91 Å². The van der Waals surface area contributed by atoms with Crippen molar-refractivity contribution in [1.29, 1.82) is 0 Å². The quantitative estimate of drug-likeness (QED) is 0.288. The van der Waals surface area contributed by atoms with Crippen LogP contribution >= 0.6 is 11.3 Å². The van der Waals surface area contributed by atoms with Gasteiger partial charge in [0.1, 0.15) is 11.7 Å². The van der Waals surface area contributed by atoms with Crippen LogP contribution in [-0.2, 0) is 17.9 Å². The molecule has 38 heavy (non-hydrogen) atoms. The third-order valence-corrected chi connectivity index (χ3v) is 7.09. The maximum Gasteiger partial charge on any atom is 0.261 e. The van der Waals surface area contributed by atoms with Crippen molar-refractivity contribution >= 4 is 40.2 Å². The van der Waals surface area contributed by atoms with Crippen molar-refractivity contribution in [2.75, 3.05) is 19.4 Å². The Kier molecular flexibility index (Phi) is 7.44. The van der Waals surface area contributed by atoms with Gasteiger partial charge in [-0.3, -0.25) is 14.6 Å². The van der Waals surface area contributed by atoms with Crippen molar-refractivity contribution in [3.8, 4) is 0 Å². The number of amides is 2. The number of nitrogens with one attached hydrogen (secondary N) is 2. The van der Waals surface area contributed by atoms with Crippen LogP contribution in [0.5, 0.6) is 0 Å². The molecule has 4 aromatic rings. The van der Waals surface area contributed by atoms with Crippen molar-refractivity contribution in [3.63, 3.8) is 0 Å². The molecule has 5 rings (SSSR count). The lowest BCUT2D eigenvalue weighted by atomic mass is 9.90. The van der Waals surface area contributed by atoms with Gasteiger partial charge in [0.05, 0.1) is 16.3 Å². The van der Waals surface area contributed by atoms with E-state index in [1.165, 1.54) is 23.5 Å². The topological polar surface area (TPSA) is 73.8 Å². The molecule has 1 unspecified atom stereocenters. The van der Waals surface area contributed by atoms with E-state index in [1.807, 2.05) is 74.1 Å². The highest BCUT2D eigenvalue weighted by Crippen LogP contribution is 2.37. The Morgan fingerprint density at radius 2 is 1.84 bits per heavy atom. The van der Waals surface area contributed by atoms with Gasteiger partial charge >= 0.3 is 0 Å². The fraction of sp³-hybridized carbons (Fsp3) is 0.167. The normalized spacial score (nSPS) is 14.9. The lowest BCUT2D eigenvalue weighted by Gasteiger charge is -2.15. The van der Waals surface area contributed by atoms with E-state index in [-0.39, 0.29) is 11.8 Å². The number of nitrogens with zero attached hydrogens (tertiary/aromatic N) is 2. The number of anilines is 1. The van der Waals surface area contributed by atoms with Crippen LogP contribution in [0.2, 0.25) is 0 Å². The van der Waals surface area contributed by atoms with Crippen LogP contribution in [0.1, 0.15) is 37.8 Å². The molecule has 0 saturated heterocycles. The number of carbonyl (C=O) groups excluding carboxylic acids is 2. The van der Waals surface area contributed by atoms with E-state index in [4.69, 9.17) is 4.99 Å².